The van der Waals surface area contributed by atoms with Crippen LogP contribution in [-0.4, -0.2) is 61.2 Å². The van der Waals surface area contributed by atoms with Gasteiger partial charge in [-0.1, -0.05) is 0 Å². The molecule has 2 heterocycles. The molecule has 0 aliphatic rings. The lowest BCUT2D eigenvalue weighted by Gasteiger charge is -2.19. The zero-order valence-electron chi connectivity index (χ0n) is 11.3. The smallest absolute Gasteiger partial charge is 0.245 e. The van der Waals surface area contributed by atoms with Gasteiger partial charge in [-0.15, -0.1) is 0 Å². The molecule has 20 heavy (non-hydrogen) atoms. The fourth-order valence-electron chi connectivity index (χ4n) is 1.95. The van der Waals surface area contributed by atoms with Crippen LogP contribution in [0.1, 0.15) is 0 Å². The van der Waals surface area contributed by atoms with E-state index in [0.717, 1.165) is 4.31 Å². The van der Waals surface area contributed by atoms with Crippen LogP contribution in [0.2, 0.25) is 0 Å². The second-order valence-corrected chi connectivity index (χ2v) is 6.46. The molecule has 0 saturated heterocycles. The number of hydrogen-bond acceptors (Lipinski definition) is 5. The Kier molecular flexibility index (Phi) is 4.39. The van der Waals surface area contributed by atoms with Gasteiger partial charge in [0.1, 0.15) is 10.5 Å². The summed E-state index contributed by atoms with van der Waals surface area (Å²) in [4.78, 5) is 7.03. The van der Waals surface area contributed by atoms with E-state index >= 15 is 0 Å². The van der Waals surface area contributed by atoms with Crippen molar-refractivity contribution in [3.63, 3.8) is 0 Å². The number of nitrogens with one attached hydrogen (secondary N) is 1. The molecule has 0 saturated carbocycles. The predicted molar refractivity (Wildman–Crippen MR) is 73.8 cm³/mol. The molecule has 2 N–H and O–H groups in total. The van der Waals surface area contributed by atoms with E-state index in [1.807, 2.05) is 0 Å². The molecule has 0 bridgehead atoms. The zero-order chi connectivity index (χ0) is 14.8. The van der Waals surface area contributed by atoms with Crippen LogP contribution >= 0.6 is 0 Å². The molecule has 1 unspecified atom stereocenters. The molecule has 110 valence electrons. The maximum atomic E-state index is 12.5. The fraction of sp³-hybridized carbons (Fsp3) is 0.417. The third kappa shape index (κ3) is 2.83. The summed E-state index contributed by atoms with van der Waals surface area (Å²) in [5.74, 6) is 0. The summed E-state index contributed by atoms with van der Waals surface area (Å²) in [6.45, 7) is 0.0401. The summed E-state index contributed by atoms with van der Waals surface area (Å²) in [5.41, 5.74) is 0.511. The van der Waals surface area contributed by atoms with E-state index in [9.17, 15) is 13.5 Å². The Balaban J connectivity index is 2.30. The van der Waals surface area contributed by atoms with E-state index in [2.05, 4.69) is 9.97 Å². The monoisotopic (exact) mass is 299 g/mol. The fourth-order valence-corrected chi connectivity index (χ4v) is 3.31. The molecule has 2 rings (SSSR count). The minimum atomic E-state index is -3.69. The number of aliphatic hydroxyl groups is 1. The van der Waals surface area contributed by atoms with E-state index in [1.54, 1.807) is 18.3 Å². The Hall–Kier alpha value is -1.48. The van der Waals surface area contributed by atoms with Gasteiger partial charge < -0.3 is 14.8 Å². The third-order valence-corrected chi connectivity index (χ3v) is 4.79. The van der Waals surface area contributed by atoms with Gasteiger partial charge in [0.05, 0.1) is 12.7 Å². The molecule has 0 radical (unpaired) electrons. The molecular weight excluding hydrogens is 282 g/mol. The molecule has 2 aromatic heterocycles. The third-order valence-electron chi connectivity index (χ3n) is 2.93. The van der Waals surface area contributed by atoms with Crippen molar-refractivity contribution in [1.82, 2.24) is 14.3 Å². The minimum absolute atomic E-state index is 0.0386. The van der Waals surface area contributed by atoms with Crippen LogP contribution < -0.4 is 0 Å². The Labute approximate surface area is 117 Å². The molecule has 0 amide bonds. The van der Waals surface area contributed by atoms with Crippen LogP contribution in [-0.2, 0) is 14.8 Å². The Morgan fingerprint density at radius 1 is 1.55 bits per heavy atom. The Bertz CT molecular complexity index is 683. The molecule has 8 heteroatoms. The number of rotatable bonds is 6. The summed E-state index contributed by atoms with van der Waals surface area (Å²) in [7, 11) is -0.822. The van der Waals surface area contributed by atoms with Gasteiger partial charge in [0.15, 0.2) is 0 Å². The van der Waals surface area contributed by atoms with E-state index < -0.39 is 16.1 Å². The number of sulfonamides is 1. The number of H-pyrrole nitrogens is 1. The van der Waals surface area contributed by atoms with Crippen molar-refractivity contribution in [3.05, 3.63) is 24.5 Å². The van der Waals surface area contributed by atoms with Crippen LogP contribution in [0.4, 0.5) is 0 Å². The summed E-state index contributed by atoms with van der Waals surface area (Å²) >= 11 is 0. The van der Waals surface area contributed by atoms with E-state index in [4.69, 9.17) is 4.74 Å². The number of hydrogen-bond donors (Lipinski definition) is 2. The average Bonchev–Trinajstić information content (AvgIpc) is 2.83. The number of ether oxygens (including phenoxy) is 1. The highest BCUT2D eigenvalue weighted by atomic mass is 32.2. The van der Waals surface area contributed by atoms with Crippen LogP contribution in [0.25, 0.3) is 11.0 Å². The maximum absolute atomic E-state index is 12.5. The molecule has 0 fully saturated rings. The van der Waals surface area contributed by atoms with E-state index in [1.165, 1.54) is 20.4 Å². The molecule has 2 aromatic rings. The van der Waals surface area contributed by atoms with Crippen molar-refractivity contribution < 1.29 is 18.3 Å². The lowest BCUT2D eigenvalue weighted by Crippen LogP contribution is -2.36. The van der Waals surface area contributed by atoms with Crippen molar-refractivity contribution in [2.45, 2.75) is 11.0 Å². The highest BCUT2D eigenvalue weighted by Crippen LogP contribution is 2.23. The van der Waals surface area contributed by atoms with Crippen LogP contribution in [0, 0.1) is 0 Å². The first-order valence-electron chi connectivity index (χ1n) is 6.02. The molecule has 0 aromatic carbocycles. The lowest BCUT2D eigenvalue weighted by molar-refractivity contribution is 0.0554. The minimum Gasteiger partial charge on any atom is -0.389 e. The van der Waals surface area contributed by atoms with E-state index in [0.29, 0.717) is 11.0 Å². The number of fused-ring (bicyclic) bond motifs is 1. The van der Waals surface area contributed by atoms with Gasteiger partial charge in [0.2, 0.25) is 10.0 Å². The molecule has 0 aliphatic heterocycles. The highest BCUT2D eigenvalue weighted by molar-refractivity contribution is 7.89. The van der Waals surface area contributed by atoms with Crippen LogP contribution in [0.5, 0.6) is 0 Å². The Morgan fingerprint density at radius 2 is 2.30 bits per heavy atom. The number of aromatic nitrogens is 2. The van der Waals surface area contributed by atoms with Gasteiger partial charge in [0, 0.05) is 38.5 Å². The number of aromatic amines is 1. The molecule has 0 aliphatic carbocycles. The first-order chi connectivity index (χ1) is 9.46. The normalized spacial score (nSPS) is 14.0. The van der Waals surface area contributed by atoms with Gasteiger partial charge in [0.25, 0.3) is 0 Å². The highest BCUT2D eigenvalue weighted by Gasteiger charge is 2.26. The Morgan fingerprint density at radius 3 is 3.00 bits per heavy atom. The summed E-state index contributed by atoms with van der Waals surface area (Å²) < 4.78 is 30.8. The number of likely N-dealkylation sites (N-methyl/N-ethyl adjacent to an activating group) is 1. The summed E-state index contributed by atoms with van der Waals surface area (Å²) in [6, 6.07) is 3.36. The van der Waals surface area contributed by atoms with Crippen molar-refractivity contribution in [3.8, 4) is 0 Å². The van der Waals surface area contributed by atoms with Gasteiger partial charge >= 0.3 is 0 Å². The molecule has 1 atom stereocenters. The quantitative estimate of drug-likeness (QED) is 0.794. The van der Waals surface area contributed by atoms with Crippen molar-refractivity contribution in [1.29, 1.82) is 0 Å². The SMILES string of the molecule is COCC(O)CN(C)S(=O)(=O)c1c[nH]c2ncccc12. The second-order valence-electron chi connectivity index (χ2n) is 4.45. The topological polar surface area (TPSA) is 95.5 Å². The number of nitrogens with zero attached hydrogens (tertiary/aromatic N) is 2. The maximum Gasteiger partial charge on any atom is 0.245 e. The molecule has 7 nitrogen and oxygen atoms in total. The molecule has 0 spiro atoms. The number of methoxy groups -OCH3 is 1. The second kappa shape index (κ2) is 5.88. The molecular formula is C12H17N3O4S. The average molecular weight is 299 g/mol. The van der Waals surface area contributed by atoms with Crippen LogP contribution in [0.15, 0.2) is 29.4 Å². The van der Waals surface area contributed by atoms with Gasteiger partial charge in [-0.25, -0.2) is 13.4 Å². The number of aliphatic hydroxyl groups excluding tert-OH is 1. The summed E-state index contributed by atoms with van der Waals surface area (Å²) in [5, 5.41) is 10.2. The lowest BCUT2D eigenvalue weighted by atomic mass is 10.3. The van der Waals surface area contributed by atoms with Gasteiger partial charge in [-0.2, -0.15) is 4.31 Å². The van der Waals surface area contributed by atoms with Crippen molar-refractivity contribution >= 4 is 21.1 Å². The van der Waals surface area contributed by atoms with Crippen molar-refractivity contribution in [2.75, 3.05) is 27.3 Å². The van der Waals surface area contributed by atoms with Crippen molar-refractivity contribution in [2.24, 2.45) is 0 Å². The van der Waals surface area contributed by atoms with Gasteiger partial charge in [-0.3, -0.25) is 0 Å². The first kappa shape index (κ1) is 14.9. The first-order valence-corrected chi connectivity index (χ1v) is 7.46. The van der Waals surface area contributed by atoms with Crippen LogP contribution in [0.3, 0.4) is 0 Å². The zero-order valence-corrected chi connectivity index (χ0v) is 12.1. The van der Waals surface area contributed by atoms with Gasteiger partial charge in [-0.05, 0) is 12.1 Å². The standard InChI is InChI=1S/C12H17N3O4S/c1-15(7-9(16)8-19-2)20(17,18)11-6-14-12-10(11)4-3-5-13-12/h3-6,9,16H,7-8H2,1-2H3,(H,13,14). The largest absolute Gasteiger partial charge is 0.389 e. The summed E-state index contributed by atoms with van der Waals surface area (Å²) in [6.07, 6.45) is 2.12. The number of pyridine rings is 1. The van der Waals surface area contributed by atoms with E-state index in [-0.39, 0.29) is 18.0 Å². The predicted octanol–water partition coefficient (Wildman–Crippen LogP) is 0.191.